The molecule has 2 fully saturated rings. The van der Waals surface area contributed by atoms with Crippen LogP contribution < -0.4 is 0 Å². The minimum absolute atomic E-state index is 0.740. The molecule has 0 spiro atoms. The summed E-state index contributed by atoms with van der Waals surface area (Å²) in [5, 5.41) is 0. The first kappa shape index (κ1) is 13.0. The van der Waals surface area contributed by atoms with Crippen LogP contribution in [0, 0.1) is 0 Å². The van der Waals surface area contributed by atoms with Crippen molar-refractivity contribution in [1.29, 1.82) is 0 Å². The molecule has 0 aliphatic carbocycles. The third-order valence-electron chi connectivity index (χ3n) is 3.65. The first-order valence-electron chi connectivity index (χ1n) is 6.61. The molecular formula is C13H28N2. The standard InChI is InChI=1S/C11H22N2.C2H6/c1-8(2)12-6-11-5-10(12)7-13(11)9(3)4;1-2/h8-11H,5-7H2,1-4H3;1-2H3/t10-,11-;/m1./s1. The number of hydrogen-bond acceptors (Lipinski definition) is 2. The van der Waals surface area contributed by atoms with E-state index in [1.54, 1.807) is 0 Å². The van der Waals surface area contributed by atoms with Gasteiger partial charge in [-0.1, -0.05) is 13.8 Å². The molecule has 0 N–H and O–H groups in total. The second-order valence-corrected chi connectivity index (χ2v) is 5.12. The summed E-state index contributed by atoms with van der Waals surface area (Å²) in [6.07, 6.45) is 1.41. The number of piperazine rings is 1. The molecule has 2 bridgehead atoms. The zero-order valence-electron chi connectivity index (χ0n) is 11.3. The van der Waals surface area contributed by atoms with Crippen LogP contribution in [-0.2, 0) is 0 Å². The summed E-state index contributed by atoms with van der Waals surface area (Å²) in [7, 11) is 0. The van der Waals surface area contributed by atoms with E-state index in [4.69, 9.17) is 0 Å². The van der Waals surface area contributed by atoms with Crippen LogP contribution in [-0.4, -0.2) is 47.1 Å². The van der Waals surface area contributed by atoms with Gasteiger partial charge in [0, 0.05) is 37.3 Å². The van der Waals surface area contributed by atoms with Gasteiger partial charge in [-0.2, -0.15) is 0 Å². The van der Waals surface area contributed by atoms with Crippen molar-refractivity contribution in [3.8, 4) is 0 Å². The van der Waals surface area contributed by atoms with E-state index >= 15 is 0 Å². The number of likely N-dealkylation sites (tertiary alicyclic amines) is 2. The lowest BCUT2D eigenvalue weighted by molar-refractivity contribution is 0.0849. The van der Waals surface area contributed by atoms with Crippen LogP contribution in [0.2, 0.25) is 0 Å². The van der Waals surface area contributed by atoms with Crippen molar-refractivity contribution in [3.05, 3.63) is 0 Å². The SMILES string of the molecule is CC.CC(C)N1C[C@H]2C[C@@H]1CN2C(C)C. The number of fused-ring (bicyclic) bond motifs is 2. The minimum atomic E-state index is 0.740. The molecule has 2 atom stereocenters. The molecule has 2 nitrogen and oxygen atoms in total. The normalized spacial score (nSPS) is 31.2. The first-order chi connectivity index (χ1) is 7.09. The highest BCUT2D eigenvalue weighted by Crippen LogP contribution is 2.33. The Kier molecular flexibility index (Phi) is 4.60. The van der Waals surface area contributed by atoms with Crippen LogP contribution in [0.1, 0.15) is 48.0 Å². The molecular weight excluding hydrogens is 184 g/mol. The average Bonchev–Trinajstić information content (AvgIpc) is 2.78. The number of rotatable bonds is 2. The van der Waals surface area contributed by atoms with Crippen LogP contribution >= 0.6 is 0 Å². The Hall–Kier alpha value is -0.0800. The molecule has 0 aromatic rings. The highest BCUT2D eigenvalue weighted by molar-refractivity contribution is 5.01. The third-order valence-corrected chi connectivity index (χ3v) is 3.65. The van der Waals surface area contributed by atoms with Crippen molar-refractivity contribution in [2.75, 3.05) is 13.1 Å². The van der Waals surface area contributed by atoms with E-state index in [0.29, 0.717) is 0 Å². The summed E-state index contributed by atoms with van der Waals surface area (Å²) < 4.78 is 0. The van der Waals surface area contributed by atoms with Crippen LogP contribution in [0.25, 0.3) is 0 Å². The Bertz CT molecular complexity index is 169. The Balaban J connectivity index is 0.000000531. The predicted octanol–water partition coefficient (Wildman–Crippen LogP) is 2.59. The fraction of sp³-hybridized carbons (Fsp3) is 1.00. The summed E-state index contributed by atoms with van der Waals surface area (Å²) in [4.78, 5) is 5.34. The molecule has 90 valence electrons. The molecule has 0 amide bonds. The summed E-state index contributed by atoms with van der Waals surface area (Å²) in [5.74, 6) is 0. The molecule has 15 heavy (non-hydrogen) atoms. The first-order valence-corrected chi connectivity index (χ1v) is 6.61. The monoisotopic (exact) mass is 212 g/mol. The van der Waals surface area contributed by atoms with Gasteiger partial charge in [-0.15, -0.1) is 0 Å². The Morgan fingerprint density at radius 3 is 1.33 bits per heavy atom. The summed E-state index contributed by atoms with van der Waals surface area (Å²) in [5.41, 5.74) is 0. The van der Waals surface area contributed by atoms with Crippen molar-refractivity contribution < 1.29 is 0 Å². The average molecular weight is 212 g/mol. The van der Waals surface area contributed by atoms with Gasteiger partial charge >= 0.3 is 0 Å². The second-order valence-electron chi connectivity index (χ2n) is 5.12. The van der Waals surface area contributed by atoms with Gasteiger partial charge in [-0.25, -0.2) is 0 Å². The smallest absolute Gasteiger partial charge is 0.0242 e. The van der Waals surface area contributed by atoms with Gasteiger partial charge in [0.1, 0.15) is 0 Å². The molecule has 0 saturated carbocycles. The Morgan fingerprint density at radius 2 is 1.13 bits per heavy atom. The highest BCUT2D eigenvalue weighted by Gasteiger charge is 2.44. The largest absolute Gasteiger partial charge is 0.295 e. The zero-order valence-corrected chi connectivity index (χ0v) is 11.3. The summed E-state index contributed by atoms with van der Waals surface area (Å²) >= 11 is 0. The molecule has 0 unspecified atom stereocenters. The number of nitrogens with zero attached hydrogens (tertiary/aromatic N) is 2. The van der Waals surface area contributed by atoms with Gasteiger partial charge in [-0.05, 0) is 34.1 Å². The van der Waals surface area contributed by atoms with Crippen LogP contribution in [0.3, 0.4) is 0 Å². The molecule has 2 aliphatic rings. The maximum atomic E-state index is 2.67. The fourth-order valence-electron chi connectivity index (χ4n) is 2.99. The van der Waals surface area contributed by atoms with Crippen LogP contribution in [0.5, 0.6) is 0 Å². The summed E-state index contributed by atoms with van der Waals surface area (Å²) in [6.45, 7) is 15.9. The predicted molar refractivity (Wildman–Crippen MR) is 67.2 cm³/mol. The van der Waals surface area contributed by atoms with E-state index in [1.165, 1.54) is 19.5 Å². The van der Waals surface area contributed by atoms with Gasteiger partial charge < -0.3 is 0 Å². The van der Waals surface area contributed by atoms with Crippen molar-refractivity contribution in [2.24, 2.45) is 0 Å². The zero-order chi connectivity index (χ0) is 11.6. The van der Waals surface area contributed by atoms with E-state index in [-0.39, 0.29) is 0 Å². The van der Waals surface area contributed by atoms with Gasteiger partial charge in [0.15, 0.2) is 0 Å². The maximum Gasteiger partial charge on any atom is 0.0242 e. The van der Waals surface area contributed by atoms with Gasteiger partial charge in [0.2, 0.25) is 0 Å². The van der Waals surface area contributed by atoms with Crippen molar-refractivity contribution >= 4 is 0 Å². The van der Waals surface area contributed by atoms with E-state index < -0.39 is 0 Å². The lowest BCUT2D eigenvalue weighted by atomic mass is 10.2. The second kappa shape index (κ2) is 5.31. The maximum absolute atomic E-state index is 2.67. The topological polar surface area (TPSA) is 6.48 Å². The van der Waals surface area contributed by atoms with Crippen LogP contribution in [0.4, 0.5) is 0 Å². The number of hydrogen-bond donors (Lipinski definition) is 0. The van der Waals surface area contributed by atoms with E-state index in [9.17, 15) is 0 Å². The lowest BCUT2D eigenvalue weighted by Crippen LogP contribution is -2.50. The summed E-state index contributed by atoms with van der Waals surface area (Å²) in [6, 6.07) is 3.19. The van der Waals surface area contributed by atoms with Crippen molar-refractivity contribution in [2.45, 2.75) is 72.1 Å². The van der Waals surface area contributed by atoms with Crippen molar-refractivity contribution in [1.82, 2.24) is 9.80 Å². The third kappa shape index (κ3) is 2.54. The Morgan fingerprint density at radius 1 is 0.800 bits per heavy atom. The fourth-order valence-corrected chi connectivity index (χ4v) is 2.99. The van der Waals surface area contributed by atoms with Crippen molar-refractivity contribution in [3.63, 3.8) is 0 Å². The molecule has 2 heteroatoms. The molecule has 2 saturated heterocycles. The molecule has 0 radical (unpaired) electrons. The molecule has 2 rings (SSSR count). The quantitative estimate of drug-likeness (QED) is 0.694. The van der Waals surface area contributed by atoms with E-state index in [0.717, 1.165) is 24.2 Å². The Labute approximate surface area is 95.6 Å². The highest BCUT2D eigenvalue weighted by atomic mass is 15.4. The van der Waals surface area contributed by atoms with Gasteiger partial charge in [-0.3, -0.25) is 9.80 Å². The van der Waals surface area contributed by atoms with E-state index in [2.05, 4.69) is 37.5 Å². The van der Waals surface area contributed by atoms with E-state index in [1.807, 2.05) is 13.8 Å². The lowest BCUT2D eigenvalue weighted by Gasteiger charge is -2.38. The van der Waals surface area contributed by atoms with Crippen LogP contribution in [0.15, 0.2) is 0 Å². The minimum Gasteiger partial charge on any atom is -0.295 e. The molecule has 0 aromatic carbocycles. The molecule has 2 aliphatic heterocycles. The van der Waals surface area contributed by atoms with Gasteiger partial charge in [0.25, 0.3) is 0 Å². The molecule has 0 aromatic heterocycles. The molecule has 2 heterocycles. The van der Waals surface area contributed by atoms with Gasteiger partial charge in [0.05, 0.1) is 0 Å².